The lowest BCUT2D eigenvalue weighted by atomic mass is 9.70. The Hall–Kier alpha value is -5.18. The largest absolute Gasteiger partial charge is 0.309 e. The van der Waals surface area contributed by atoms with E-state index in [1.807, 2.05) is 0 Å². The Labute approximate surface area is 270 Å². The van der Waals surface area contributed by atoms with Crippen molar-refractivity contribution in [3.8, 4) is 39.1 Å². The highest BCUT2D eigenvalue weighted by molar-refractivity contribution is 9.10. The molecule has 0 N–H and O–H groups in total. The zero-order valence-corrected chi connectivity index (χ0v) is 25.9. The second-order valence-corrected chi connectivity index (χ2v) is 13.1. The predicted octanol–water partition coefficient (Wildman–Crippen LogP) is 11.6. The van der Waals surface area contributed by atoms with E-state index in [1.54, 1.807) is 0 Å². The van der Waals surface area contributed by atoms with Crippen LogP contribution in [0, 0.1) is 0 Å². The zero-order chi connectivity index (χ0) is 29.7. The quantitative estimate of drug-likeness (QED) is 0.178. The molecule has 210 valence electrons. The third-order valence-electron chi connectivity index (χ3n) is 10.1. The maximum atomic E-state index is 3.68. The average Bonchev–Trinajstić information content (AvgIpc) is 3.69. The van der Waals surface area contributed by atoms with Crippen LogP contribution in [0.4, 0.5) is 0 Å². The average molecular weight is 637 g/mol. The Balaban J connectivity index is 1.30. The number of rotatable bonds is 2. The van der Waals surface area contributed by atoms with Crippen molar-refractivity contribution >= 4 is 37.7 Å². The van der Waals surface area contributed by atoms with Gasteiger partial charge in [-0.05, 0) is 92.0 Å². The lowest BCUT2D eigenvalue weighted by molar-refractivity contribution is 0.792. The van der Waals surface area contributed by atoms with E-state index in [0.29, 0.717) is 0 Å². The molecule has 2 aliphatic rings. The Bertz CT molecular complexity index is 2450. The molecule has 0 bridgehead atoms. The van der Waals surface area contributed by atoms with Crippen LogP contribution in [-0.2, 0) is 5.41 Å². The van der Waals surface area contributed by atoms with Crippen LogP contribution < -0.4 is 0 Å². The number of benzene rings is 7. The van der Waals surface area contributed by atoms with Gasteiger partial charge in [-0.15, -0.1) is 0 Å². The van der Waals surface area contributed by atoms with E-state index < -0.39 is 0 Å². The first kappa shape index (κ1) is 25.2. The van der Waals surface area contributed by atoms with Gasteiger partial charge in [0.05, 0.1) is 16.4 Å². The summed E-state index contributed by atoms with van der Waals surface area (Å²) in [5, 5.41) is 2.53. The van der Waals surface area contributed by atoms with Crippen molar-refractivity contribution in [2.75, 3.05) is 0 Å². The number of halogens is 1. The first-order valence-corrected chi connectivity index (χ1v) is 16.3. The van der Waals surface area contributed by atoms with Crippen LogP contribution in [0.5, 0.6) is 0 Å². The van der Waals surface area contributed by atoms with E-state index in [2.05, 4.69) is 178 Å². The molecule has 2 aliphatic carbocycles. The van der Waals surface area contributed by atoms with Gasteiger partial charge in [-0.1, -0.05) is 137 Å². The molecule has 0 unspecified atom stereocenters. The molecule has 7 aromatic carbocycles. The van der Waals surface area contributed by atoms with Crippen LogP contribution in [0.2, 0.25) is 0 Å². The summed E-state index contributed by atoms with van der Waals surface area (Å²) < 4.78 is 3.55. The lowest BCUT2D eigenvalue weighted by Gasteiger charge is -2.30. The summed E-state index contributed by atoms with van der Waals surface area (Å²) in [5.74, 6) is 0. The first-order chi connectivity index (χ1) is 22.2. The molecule has 0 aliphatic heterocycles. The molecule has 45 heavy (non-hydrogen) atoms. The molecule has 1 spiro atoms. The van der Waals surface area contributed by atoms with Crippen molar-refractivity contribution < 1.29 is 0 Å². The minimum Gasteiger partial charge on any atom is -0.309 e. The Morgan fingerprint density at radius 3 is 1.67 bits per heavy atom. The van der Waals surface area contributed by atoms with Crippen LogP contribution in [0.25, 0.3) is 60.9 Å². The summed E-state index contributed by atoms with van der Waals surface area (Å²) in [6.45, 7) is 0. The standard InChI is InChI=1S/C43H26BrN/c44-29-11-9-10-27(24-29)28-20-22-36-35-15-4-8-19-41(35)45(42(36)25-28)30-21-23-34-33-14-3-7-18-39(33)43(40(34)26-30)37-16-5-1-12-31(37)32-13-2-6-17-38(32)43/h1-26H. The second-order valence-electron chi connectivity index (χ2n) is 12.2. The van der Waals surface area contributed by atoms with E-state index in [9.17, 15) is 0 Å². The van der Waals surface area contributed by atoms with Gasteiger partial charge < -0.3 is 4.57 Å². The summed E-state index contributed by atoms with van der Waals surface area (Å²) in [6.07, 6.45) is 0. The molecule has 0 radical (unpaired) electrons. The summed E-state index contributed by atoms with van der Waals surface area (Å²) in [6, 6.07) is 58.5. The Kier molecular flexibility index (Phi) is 5.13. The number of hydrogen-bond donors (Lipinski definition) is 0. The van der Waals surface area contributed by atoms with Crippen LogP contribution >= 0.6 is 15.9 Å². The molecule has 0 saturated heterocycles. The normalized spacial score (nSPS) is 13.6. The highest BCUT2D eigenvalue weighted by Gasteiger charge is 2.51. The summed E-state index contributed by atoms with van der Waals surface area (Å²) in [7, 11) is 0. The van der Waals surface area contributed by atoms with E-state index in [4.69, 9.17) is 0 Å². The van der Waals surface area contributed by atoms with E-state index in [0.717, 1.165) is 4.47 Å². The van der Waals surface area contributed by atoms with Crippen molar-refractivity contribution in [2.45, 2.75) is 5.41 Å². The van der Waals surface area contributed by atoms with Crippen molar-refractivity contribution in [1.82, 2.24) is 4.57 Å². The van der Waals surface area contributed by atoms with Gasteiger partial charge in [0.15, 0.2) is 0 Å². The zero-order valence-electron chi connectivity index (χ0n) is 24.3. The SMILES string of the molecule is Brc1cccc(-c2ccc3c4ccccc4n(-c4ccc5c(c4)C4(c6ccccc6-c6ccccc64)c4ccccc4-5)c3c2)c1. The van der Waals surface area contributed by atoms with Crippen LogP contribution in [-0.4, -0.2) is 4.57 Å². The molecule has 2 heteroatoms. The smallest absolute Gasteiger partial charge is 0.0726 e. The topological polar surface area (TPSA) is 4.93 Å². The molecule has 0 amide bonds. The van der Waals surface area contributed by atoms with Gasteiger partial charge >= 0.3 is 0 Å². The molecule has 0 fully saturated rings. The molecular weight excluding hydrogens is 610 g/mol. The second kappa shape index (κ2) is 9.17. The summed E-state index contributed by atoms with van der Waals surface area (Å²) in [4.78, 5) is 0. The molecule has 0 atom stereocenters. The highest BCUT2D eigenvalue weighted by atomic mass is 79.9. The minimum absolute atomic E-state index is 0.366. The molecular formula is C43H26BrN. The number of nitrogens with zero attached hydrogens (tertiary/aromatic N) is 1. The van der Waals surface area contributed by atoms with Crippen LogP contribution in [0.1, 0.15) is 22.3 Å². The summed E-state index contributed by atoms with van der Waals surface area (Å²) >= 11 is 3.68. The monoisotopic (exact) mass is 635 g/mol. The van der Waals surface area contributed by atoms with Gasteiger partial charge in [0.25, 0.3) is 0 Å². The van der Waals surface area contributed by atoms with E-state index >= 15 is 0 Å². The lowest BCUT2D eigenvalue weighted by Crippen LogP contribution is -2.26. The first-order valence-electron chi connectivity index (χ1n) is 15.5. The number of fused-ring (bicyclic) bond motifs is 13. The predicted molar refractivity (Wildman–Crippen MR) is 190 cm³/mol. The number of para-hydroxylation sites is 1. The fourth-order valence-electron chi connectivity index (χ4n) is 8.32. The fourth-order valence-corrected chi connectivity index (χ4v) is 8.72. The van der Waals surface area contributed by atoms with Crippen LogP contribution in [0.15, 0.2) is 162 Å². The maximum absolute atomic E-state index is 3.68. The van der Waals surface area contributed by atoms with Gasteiger partial charge in [-0.3, -0.25) is 0 Å². The third-order valence-corrected chi connectivity index (χ3v) is 10.6. The highest BCUT2D eigenvalue weighted by Crippen LogP contribution is 2.62. The Morgan fingerprint density at radius 2 is 0.978 bits per heavy atom. The molecule has 10 rings (SSSR count). The molecule has 1 nitrogen and oxygen atoms in total. The van der Waals surface area contributed by atoms with Gasteiger partial charge in [-0.2, -0.15) is 0 Å². The molecule has 1 aromatic heterocycles. The van der Waals surface area contributed by atoms with Gasteiger partial charge in [0, 0.05) is 20.9 Å². The number of hydrogen-bond acceptors (Lipinski definition) is 0. The van der Waals surface area contributed by atoms with Gasteiger partial charge in [-0.25, -0.2) is 0 Å². The fraction of sp³-hybridized carbons (Fsp3) is 0.0233. The van der Waals surface area contributed by atoms with Crippen molar-refractivity contribution in [3.63, 3.8) is 0 Å². The van der Waals surface area contributed by atoms with Crippen molar-refractivity contribution in [3.05, 3.63) is 184 Å². The number of aromatic nitrogens is 1. The van der Waals surface area contributed by atoms with Gasteiger partial charge in [0.1, 0.15) is 0 Å². The third kappa shape index (κ3) is 3.27. The molecule has 0 saturated carbocycles. The van der Waals surface area contributed by atoms with Crippen LogP contribution in [0.3, 0.4) is 0 Å². The maximum Gasteiger partial charge on any atom is 0.0726 e. The van der Waals surface area contributed by atoms with Crippen molar-refractivity contribution in [1.29, 1.82) is 0 Å². The minimum atomic E-state index is -0.366. The van der Waals surface area contributed by atoms with E-state index in [1.165, 1.54) is 83.1 Å². The molecule has 8 aromatic rings. The van der Waals surface area contributed by atoms with E-state index in [-0.39, 0.29) is 5.41 Å². The van der Waals surface area contributed by atoms with Crippen molar-refractivity contribution in [2.24, 2.45) is 0 Å². The summed E-state index contributed by atoms with van der Waals surface area (Å²) in [5.41, 5.74) is 16.4. The molecule has 1 heterocycles. The van der Waals surface area contributed by atoms with Gasteiger partial charge in [0.2, 0.25) is 0 Å². The Morgan fingerprint density at radius 1 is 0.400 bits per heavy atom.